The molecule has 5 nitrogen and oxygen atoms in total. The summed E-state index contributed by atoms with van der Waals surface area (Å²) in [5, 5.41) is 13.5. The Kier molecular flexibility index (Phi) is 3.72. The first-order valence-electron chi connectivity index (χ1n) is 4.98. The van der Waals surface area contributed by atoms with E-state index in [1.54, 1.807) is 20.8 Å². The van der Waals surface area contributed by atoms with Crippen molar-refractivity contribution in [2.24, 2.45) is 0 Å². The van der Waals surface area contributed by atoms with Crippen molar-refractivity contribution in [1.82, 2.24) is 5.32 Å². The third kappa shape index (κ3) is 3.42. The average molecular weight is 257 g/mol. The highest BCUT2D eigenvalue weighted by atomic mass is 35.5. The molecular weight excluding hydrogens is 244 g/mol. The van der Waals surface area contributed by atoms with Crippen molar-refractivity contribution in [2.75, 3.05) is 0 Å². The van der Waals surface area contributed by atoms with E-state index in [-0.39, 0.29) is 16.3 Å². The summed E-state index contributed by atoms with van der Waals surface area (Å²) in [6.45, 7) is 5.36. The molecule has 1 amide bonds. The number of carbonyl (C=O) groups excluding carboxylic acids is 1. The number of hydrogen-bond acceptors (Lipinski definition) is 3. The van der Waals surface area contributed by atoms with Crippen molar-refractivity contribution in [3.05, 3.63) is 38.9 Å². The molecule has 0 heterocycles. The summed E-state index contributed by atoms with van der Waals surface area (Å²) in [4.78, 5) is 22.1. The molecule has 0 atom stereocenters. The van der Waals surface area contributed by atoms with Crippen LogP contribution in [0, 0.1) is 10.1 Å². The number of hydrogen-bond donors (Lipinski definition) is 1. The third-order valence-corrected chi connectivity index (χ3v) is 2.22. The van der Waals surface area contributed by atoms with E-state index in [9.17, 15) is 14.9 Å². The van der Waals surface area contributed by atoms with Crippen LogP contribution < -0.4 is 5.32 Å². The fourth-order valence-corrected chi connectivity index (χ4v) is 1.55. The van der Waals surface area contributed by atoms with Crippen LogP contribution >= 0.6 is 11.6 Å². The maximum absolute atomic E-state index is 11.9. The smallest absolute Gasteiger partial charge is 0.283 e. The Labute approximate surface area is 104 Å². The van der Waals surface area contributed by atoms with Crippen molar-refractivity contribution >= 4 is 23.2 Å². The Balaban J connectivity index is 3.21. The average Bonchev–Trinajstić information content (AvgIpc) is 2.13. The number of nitro groups is 1. The lowest BCUT2D eigenvalue weighted by Crippen LogP contribution is -2.40. The normalized spacial score (nSPS) is 11.1. The van der Waals surface area contributed by atoms with Gasteiger partial charge < -0.3 is 5.32 Å². The van der Waals surface area contributed by atoms with Crippen LogP contribution in [0.2, 0.25) is 5.02 Å². The van der Waals surface area contributed by atoms with Crippen molar-refractivity contribution in [3.63, 3.8) is 0 Å². The second-order valence-corrected chi connectivity index (χ2v) is 5.00. The molecule has 92 valence electrons. The SMILES string of the molecule is CC(C)(C)NC(=O)c1c(Cl)cccc1[N+](=O)[O-]. The van der Waals surface area contributed by atoms with Gasteiger partial charge in [-0.25, -0.2) is 0 Å². The summed E-state index contributed by atoms with van der Waals surface area (Å²) >= 11 is 5.83. The van der Waals surface area contributed by atoms with Crippen LogP contribution in [0.15, 0.2) is 18.2 Å². The van der Waals surface area contributed by atoms with E-state index in [0.29, 0.717) is 0 Å². The Hall–Kier alpha value is -1.62. The molecule has 0 unspecified atom stereocenters. The van der Waals surface area contributed by atoms with Gasteiger partial charge in [-0.1, -0.05) is 17.7 Å². The lowest BCUT2D eigenvalue weighted by molar-refractivity contribution is -0.385. The number of nitrogens with zero attached hydrogens (tertiary/aromatic N) is 1. The van der Waals surface area contributed by atoms with Gasteiger partial charge in [0.2, 0.25) is 0 Å². The van der Waals surface area contributed by atoms with Crippen LogP contribution in [-0.4, -0.2) is 16.4 Å². The molecule has 0 bridgehead atoms. The van der Waals surface area contributed by atoms with Gasteiger partial charge in [-0.05, 0) is 26.8 Å². The summed E-state index contributed by atoms with van der Waals surface area (Å²) in [5.41, 5.74) is -0.877. The lowest BCUT2D eigenvalue weighted by atomic mass is 10.1. The Morgan fingerprint density at radius 1 is 1.41 bits per heavy atom. The van der Waals surface area contributed by atoms with E-state index >= 15 is 0 Å². The second kappa shape index (κ2) is 4.71. The number of nitro benzene ring substituents is 1. The fraction of sp³-hybridized carbons (Fsp3) is 0.364. The molecule has 17 heavy (non-hydrogen) atoms. The molecule has 1 N–H and O–H groups in total. The topological polar surface area (TPSA) is 72.2 Å². The molecule has 0 aliphatic heterocycles. The van der Waals surface area contributed by atoms with Crippen molar-refractivity contribution in [2.45, 2.75) is 26.3 Å². The number of rotatable bonds is 2. The zero-order valence-corrected chi connectivity index (χ0v) is 10.5. The first kappa shape index (κ1) is 13.4. The predicted molar refractivity (Wildman–Crippen MR) is 65.3 cm³/mol. The van der Waals surface area contributed by atoms with Gasteiger partial charge in [-0.2, -0.15) is 0 Å². The molecule has 0 aliphatic rings. The minimum absolute atomic E-state index is 0.0703. The zero-order chi connectivity index (χ0) is 13.2. The minimum Gasteiger partial charge on any atom is -0.347 e. The number of nitrogens with one attached hydrogen (secondary N) is 1. The largest absolute Gasteiger partial charge is 0.347 e. The molecule has 1 aromatic carbocycles. The maximum atomic E-state index is 11.9. The zero-order valence-electron chi connectivity index (χ0n) is 9.78. The van der Waals surface area contributed by atoms with Crippen LogP contribution in [0.3, 0.4) is 0 Å². The molecule has 0 saturated heterocycles. The van der Waals surface area contributed by atoms with Gasteiger partial charge in [0.25, 0.3) is 11.6 Å². The van der Waals surface area contributed by atoms with E-state index in [0.717, 1.165) is 0 Å². The van der Waals surface area contributed by atoms with Gasteiger partial charge in [0.15, 0.2) is 0 Å². The third-order valence-electron chi connectivity index (χ3n) is 1.90. The lowest BCUT2D eigenvalue weighted by Gasteiger charge is -2.20. The second-order valence-electron chi connectivity index (χ2n) is 4.60. The molecule has 0 aliphatic carbocycles. The molecule has 0 aromatic heterocycles. The predicted octanol–water partition coefficient (Wildman–Crippen LogP) is 2.78. The van der Waals surface area contributed by atoms with Crippen molar-refractivity contribution < 1.29 is 9.72 Å². The Bertz CT molecular complexity index is 466. The Morgan fingerprint density at radius 2 is 2.00 bits per heavy atom. The molecule has 1 rings (SSSR count). The van der Waals surface area contributed by atoms with E-state index in [4.69, 9.17) is 11.6 Å². The molecule has 6 heteroatoms. The van der Waals surface area contributed by atoms with Crippen molar-refractivity contribution in [1.29, 1.82) is 0 Å². The van der Waals surface area contributed by atoms with Gasteiger partial charge in [0.05, 0.1) is 9.95 Å². The first-order valence-corrected chi connectivity index (χ1v) is 5.35. The first-order chi connectivity index (χ1) is 7.72. The molecule has 0 saturated carbocycles. The van der Waals surface area contributed by atoms with Crippen LogP contribution in [-0.2, 0) is 0 Å². The van der Waals surface area contributed by atoms with Gasteiger partial charge in [-0.15, -0.1) is 0 Å². The number of amides is 1. The van der Waals surface area contributed by atoms with Crippen LogP contribution in [0.25, 0.3) is 0 Å². The fourth-order valence-electron chi connectivity index (χ4n) is 1.29. The molecule has 0 spiro atoms. The van der Waals surface area contributed by atoms with Gasteiger partial charge in [0, 0.05) is 11.6 Å². The quantitative estimate of drug-likeness (QED) is 0.653. The molecule has 0 radical (unpaired) electrons. The van der Waals surface area contributed by atoms with Crippen LogP contribution in [0.1, 0.15) is 31.1 Å². The summed E-state index contributed by atoms with van der Waals surface area (Å²) in [7, 11) is 0. The molecular formula is C11H13ClN2O3. The number of halogens is 1. The summed E-state index contributed by atoms with van der Waals surface area (Å²) in [5.74, 6) is -0.546. The van der Waals surface area contributed by atoms with Crippen LogP contribution in [0.4, 0.5) is 5.69 Å². The monoisotopic (exact) mass is 256 g/mol. The van der Waals surface area contributed by atoms with Gasteiger partial charge in [0.1, 0.15) is 5.56 Å². The van der Waals surface area contributed by atoms with E-state index in [2.05, 4.69) is 5.32 Å². The Morgan fingerprint density at radius 3 is 2.47 bits per heavy atom. The number of benzene rings is 1. The van der Waals surface area contributed by atoms with Gasteiger partial charge >= 0.3 is 0 Å². The standard InChI is InChI=1S/C11H13ClN2O3/c1-11(2,3)13-10(15)9-7(12)5-4-6-8(9)14(16)17/h4-6H,1-3H3,(H,13,15). The highest BCUT2D eigenvalue weighted by molar-refractivity contribution is 6.34. The van der Waals surface area contributed by atoms with Crippen molar-refractivity contribution in [3.8, 4) is 0 Å². The highest BCUT2D eigenvalue weighted by Crippen LogP contribution is 2.26. The van der Waals surface area contributed by atoms with E-state index in [1.165, 1.54) is 18.2 Å². The summed E-state index contributed by atoms with van der Waals surface area (Å²) < 4.78 is 0. The number of carbonyl (C=O) groups is 1. The van der Waals surface area contributed by atoms with E-state index < -0.39 is 16.4 Å². The van der Waals surface area contributed by atoms with Gasteiger partial charge in [-0.3, -0.25) is 14.9 Å². The maximum Gasteiger partial charge on any atom is 0.283 e. The van der Waals surface area contributed by atoms with Crippen LogP contribution in [0.5, 0.6) is 0 Å². The van der Waals surface area contributed by atoms with E-state index in [1.807, 2.05) is 0 Å². The highest BCUT2D eigenvalue weighted by Gasteiger charge is 2.25. The minimum atomic E-state index is -0.622. The molecule has 0 fully saturated rings. The molecule has 1 aromatic rings. The summed E-state index contributed by atoms with van der Waals surface area (Å²) in [6.07, 6.45) is 0. The summed E-state index contributed by atoms with van der Waals surface area (Å²) in [6, 6.07) is 4.14.